The van der Waals surface area contributed by atoms with Crippen molar-refractivity contribution in [2.75, 3.05) is 12.0 Å². The highest BCUT2D eigenvalue weighted by molar-refractivity contribution is 7.22. The maximum absolute atomic E-state index is 15.1. The molecular weight excluding hydrogens is 479 g/mol. The lowest BCUT2D eigenvalue weighted by Gasteiger charge is -2.23. The SMILES string of the molecule is COc1ccc(/C(O)=C2\C(=O)C(=O)N(c3nc4c(C)cc(C)cc4s3)[C@H]2c2ccccc2F)cc1C. The van der Waals surface area contributed by atoms with Gasteiger partial charge in [-0.15, -0.1) is 0 Å². The molecule has 1 amide bonds. The van der Waals surface area contributed by atoms with E-state index < -0.39 is 23.5 Å². The molecule has 1 aromatic heterocycles. The van der Waals surface area contributed by atoms with E-state index >= 15 is 4.39 Å². The number of aliphatic hydroxyl groups excluding tert-OH is 1. The number of thiazole rings is 1. The second-order valence-electron chi connectivity index (χ2n) is 8.80. The summed E-state index contributed by atoms with van der Waals surface area (Å²) in [5.41, 5.74) is 3.63. The van der Waals surface area contributed by atoms with E-state index in [9.17, 15) is 14.7 Å². The summed E-state index contributed by atoms with van der Waals surface area (Å²) >= 11 is 1.25. The van der Waals surface area contributed by atoms with E-state index in [4.69, 9.17) is 4.74 Å². The maximum Gasteiger partial charge on any atom is 0.301 e. The average molecular weight is 503 g/mol. The van der Waals surface area contributed by atoms with Gasteiger partial charge in [0.25, 0.3) is 5.78 Å². The number of halogens is 1. The van der Waals surface area contributed by atoms with Crippen LogP contribution < -0.4 is 9.64 Å². The molecule has 6 nitrogen and oxygen atoms in total. The van der Waals surface area contributed by atoms with Gasteiger partial charge in [-0.25, -0.2) is 9.37 Å². The number of benzene rings is 3. The van der Waals surface area contributed by atoms with Crippen molar-refractivity contribution in [2.45, 2.75) is 26.8 Å². The van der Waals surface area contributed by atoms with Crippen LogP contribution in [0.3, 0.4) is 0 Å². The molecule has 1 aliphatic heterocycles. The topological polar surface area (TPSA) is 79.7 Å². The molecule has 0 aliphatic carbocycles. The fourth-order valence-electron chi connectivity index (χ4n) is 4.66. The maximum atomic E-state index is 15.1. The predicted octanol–water partition coefficient (Wildman–Crippen LogP) is 6.00. The van der Waals surface area contributed by atoms with Crippen LogP contribution in [0.1, 0.15) is 33.9 Å². The number of nitrogens with zero attached hydrogens (tertiary/aromatic N) is 2. The summed E-state index contributed by atoms with van der Waals surface area (Å²) in [4.78, 5) is 32.6. The van der Waals surface area contributed by atoms with Gasteiger partial charge in [0, 0.05) is 11.1 Å². The number of Topliss-reactive ketones (excluding diaryl/α,β-unsaturated/α-hetero) is 1. The van der Waals surface area contributed by atoms with Crippen molar-refractivity contribution >= 4 is 44.1 Å². The minimum atomic E-state index is -1.18. The number of ketones is 1. The van der Waals surface area contributed by atoms with Gasteiger partial charge >= 0.3 is 5.91 Å². The van der Waals surface area contributed by atoms with Gasteiger partial charge in [0.15, 0.2) is 5.13 Å². The highest BCUT2D eigenvalue weighted by Crippen LogP contribution is 2.45. The van der Waals surface area contributed by atoms with E-state index in [1.807, 2.05) is 26.0 Å². The monoisotopic (exact) mass is 502 g/mol. The molecular formula is C28H23FN2O4S. The highest BCUT2D eigenvalue weighted by Gasteiger charge is 2.49. The Morgan fingerprint density at radius 2 is 1.81 bits per heavy atom. The first-order valence-electron chi connectivity index (χ1n) is 11.3. The Bertz CT molecular complexity index is 1590. The molecule has 3 aromatic carbocycles. The predicted molar refractivity (Wildman–Crippen MR) is 138 cm³/mol. The molecule has 0 radical (unpaired) electrons. The van der Waals surface area contributed by atoms with E-state index in [1.54, 1.807) is 31.2 Å². The van der Waals surface area contributed by atoms with E-state index in [-0.39, 0.29) is 22.0 Å². The largest absolute Gasteiger partial charge is 0.507 e. The number of aromatic nitrogens is 1. The zero-order chi connectivity index (χ0) is 25.7. The number of aryl methyl sites for hydroxylation is 3. The molecule has 36 heavy (non-hydrogen) atoms. The summed E-state index contributed by atoms with van der Waals surface area (Å²) in [5, 5.41) is 11.6. The van der Waals surface area contributed by atoms with Crippen molar-refractivity contribution in [1.29, 1.82) is 0 Å². The van der Waals surface area contributed by atoms with Crippen LogP contribution in [-0.2, 0) is 9.59 Å². The number of hydrogen-bond donors (Lipinski definition) is 1. The lowest BCUT2D eigenvalue weighted by atomic mass is 9.94. The number of rotatable bonds is 4. The van der Waals surface area contributed by atoms with E-state index in [2.05, 4.69) is 4.98 Å². The van der Waals surface area contributed by atoms with E-state index in [0.29, 0.717) is 16.8 Å². The zero-order valence-corrected chi connectivity index (χ0v) is 20.9. The average Bonchev–Trinajstić information content (AvgIpc) is 3.37. The van der Waals surface area contributed by atoms with Gasteiger partial charge in [0.05, 0.1) is 22.9 Å². The first-order valence-corrected chi connectivity index (χ1v) is 12.1. The van der Waals surface area contributed by atoms with Crippen LogP contribution in [0.15, 0.2) is 60.2 Å². The van der Waals surface area contributed by atoms with Crippen LogP contribution in [0, 0.1) is 26.6 Å². The molecule has 182 valence electrons. The summed E-state index contributed by atoms with van der Waals surface area (Å²) in [5.74, 6) is -2.15. The summed E-state index contributed by atoms with van der Waals surface area (Å²) in [6, 6.07) is 13.6. The van der Waals surface area contributed by atoms with Crippen molar-refractivity contribution in [3.8, 4) is 5.75 Å². The number of carbonyl (C=O) groups excluding carboxylic acids is 2. The van der Waals surface area contributed by atoms with Crippen molar-refractivity contribution < 1.29 is 23.8 Å². The zero-order valence-electron chi connectivity index (χ0n) is 20.1. The Labute approximate surface area is 211 Å². The van der Waals surface area contributed by atoms with Gasteiger partial charge in [-0.3, -0.25) is 14.5 Å². The number of ether oxygens (including phenoxy) is 1. The molecule has 1 N–H and O–H groups in total. The molecule has 2 heterocycles. The second-order valence-corrected chi connectivity index (χ2v) is 9.81. The molecule has 4 aromatic rings. The Kier molecular flexibility index (Phi) is 5.84. The lowest BCUT2D eigenvalue weighted by molar-refractivity contribution is -0.132. The van der Waals surface area contributed by atoms with Crippen LogP contribution >= 0.6 is 11.3 Å². The van der Waals surface area contributed by atoms with Gasteiger partial charge in [-0.1, -0.05) is 35.6 Å². The molecule has 0 unspecified atom stereocenters. The van der Waals surface area contributed by atoms with Gasteiger partial charge in [-0.2, -0.15) is 0 Å². The molecule has 5 rings (SSSR count). The van der Waals surface area contributed by atoms with Crippen molar-refractivity contribution in [3.63, 3.8) is 0 Å². The minimum Gasteiger partial charge on any atom is -0.507 e. The van der Waals surface area contributed by atoms with Gasteiger partial charge in [-0.05, 0) is 67.8 Å². The van der Waals surface area contributed by atoms with E-state index in [1.165, 1.54) is 41.5 Å². The third kappa shape index (κ3) is 3.74. The van der Waals surface area contributed by atoms with Crippen molar-refractivity contribution in [2.24, 2.45) is 0 Å². The molecule has 0 saturated carbocycles. The molecule has 1 saturated heterocycles. The number of hydrogen-bond acceptors (Lipinski definition) is 6. The van der Waals surface area contributed by atoms with Crippen molar-refractivity contribution in [1.82, 2.24) is 4.98 Å². The Balaban J connectivity index is 1.75. The minimum absolute atomic E-state index is 0.0932. The molecule has 1 atom stereocenters. The number of aliphatic hydroxyl groups is 1. The lowest BCUT2D eigenvalue weighted by Crippen LogP contribution is -2.29. The Morgan fingerprint density at radius 3 is 2.50 bits per heavy atom. The fourth-order valence-corrected chi connectivity index (χ4v) is 5.83. The standard InChI is InChI=1S/C28H23FN2O4S/c1-14-11-16(3)23-21(12-14)36-28(30-23)31-24(18-7-5-6-8-19(18)29)22(26(33)27(31)34)25(32)17-9-10-20(35-4)15(2)13-17/h5-13,24,32H,1-4H3/b25-22+/t24-/m0/s1. The summed E-state index contributed by atoms with van der Waals surface area (Å²) in [6.07, 6.45) is 0. The van der Waals surface area contributed by atoms with Crippen molar-refractivity contribution in [3.05, 3.63) is 93.8 Å². The van der Waals surface area contributed by atoms with Gasteiger partial charge in [0.2, 0.25) is 0 Å². The number of carbonyl (C=O) groups is 2. The molecule has 1 fully saturated rings. The number of amides is 1. The Hall–Kier alpha value is -4.04. The van der Waals surface area contributed by atoms with Gasteiger partial charge < -0.3 is 9.84 Å². The number of fused-ring (bicyclic) bond motifs is 1. The Morgan fingerprint density at radius 1 is 1.06 bits per heavy atom. The molecule has 1 aliphatic rings. The summed E-state index contributed by atoms with van der Waals surface area (Å²) in [7, 11) is 1.53. The van der Waals surface area contributed by atoms with Crippen LogP contribution in [0.4, 0.5) is 9.52 Å². The van der Waals surface area contributed by atoms with Crippen LogP contribution in [0.2, 0.25) is 0 Å². The number of anilines is 1. The molecule has 8 heteroatoms. The highest BCUT2D eigenvalue weighted by atomic mass is 32.1. The first-order chi connectivity index (χ1) is 17.2. The number of methoxy groups -OCH3 is 1. The summed E-state index contributed by atoms with van der Waals surface area (Å²) in [6.45, 7) is 5.69. The van der Waals surface area contributed by atoms with Crippen LogP contribution in [0.5, 0.6) is 5.75 Å². The third-order valence-electron chi connectivity index (χ3n) is 6.34. The normalized spacial score (nSPS) is 17.2. The first kappa shape index (κ1) is 23.7. The van der Waals surface area contributed by atoms with Crippen LogP contribution in [-0.4, -0.2) is 28.9 Å². The van der Waals surface area contributed by atoms with E-state index in [0.717, 1.165) is 21.4 Å². The third-order valence-corrected chi connectivity index (χ3v) is 7.34. The molecule has 0 bridgehead atoms. The quantitative estimate of drug-likeness (QED) is 0.210. The second kappa shape index (κ2) is 8.87. The summed E-state index contributed by atoms with van der Waals surface area (Å²) < 4.78 is 21.3. The van der Waals surface area contributed by atoms with Crippen LogP contribution in [0.25, 0.3) is 16.0 Å². The fraction of sp³-hybridized carbons (Fsp3) is 0.179. The smallest absolute Gasteiger partial charge is 0.301 e. The molecule has 0 spiro atoms. The van der Waals surface area contributed by atoms with Gasteiger partial charge in [0.1, 0.15) is 23.4 Å².